The second-order valence-electron chi connectivity index (χ2n) is 14.2. The number of benzene rings is 7. The van der Waals surface area contributed by atoms with Crippen molar-refractivity contribution < 1.29 is 14.2 Å². The van der Waals surface area contributed by atoms with Crippen molar-refractivity contribution in [1.29, 1.82) is 0 Å². The Labute approximate surface area is 337 Å². The van der Waals surface area contributed by atoms with E-state index in [2.05, 4.69) is 143 Å². The van der Waals surface area contributed by atoms with Crippen molar-refractivity contribution in [2.24, 2.45) is 0 Å². The average Bonchev–Trinajstić information content (AvgIpc) is 3.27. The second-order valence-corrected chi connectivity index (χ2v) is 14.2. The third-order valence-electron chi connectivity index (χ3n) is 9.60. The first kappa shape index (κ1) is 39.1. The molecule has 7 aromatic carbocycles. The lowest BCUT2D eigenvalue weighted by Gasteiger charge is -2.14. The first-order valence-corrected chi connectivity index (χ1v) is 19.7. The molecular weight excluding hydrogens is 703 g/mol. The van der Waals surface area contributed by atoms with Crippen molar-refractivity contribution in [1.82, 2.24) is 16.0 Å². The van der Waals surface area contributed by atoms with Crippen molar-refractivity contribution in [3.05, 3.63) is 232 Å². The lowest BCUT2D eigenvalue weighted by atomic mass is 10.1. The Balaban J connectivity index is 0.943. The lowest BCUT2D eigenvalue weighted by Crippen LogP contribution is -2.12. The van der Waals surface area contributed by atoms with Gasteiger partial charge in [0.15, 0.2) is 0 Å². The summed E-state index contributed by atoms with van der Waals surface area (Å²) in [6.07, 6.45) is 0. The highest BCUT2D eigenvalue weighted by Gasteiger charge is 2.07. The van der Waals surface area contributed by atoms with E-state index in [0.29, 0.717) is 19.8 Å². The van der Waals surface area contributed by atoms with E-state index < -0.39 is 0 Å². The van der Waals surface area contributed by atoms with Gasteiger partial charge in [0.2, 0.25) is 0 Å². The molecule has 0 heterocycles. The molecule has 0 amide bonds. The molecule has 0 aliphatic carbocycles. The molecule has 57 heavy (non-hydrogen) atoms. The summed E-state index contributed by atoms with van der Waals surface area (Å²) in [5.41, 5.74) is 10.6. The summed E-state index contributed by atoms with van der Waals surface area (Å²) in [5.74, 6) is 2.49. The molecule has 0 saturated heterocycles. The quantitative estimate of drug-likeness (QED) is 0.0679. The summed E-state index contributed by atoms with van der Waals surface area (Å²) in [5, 5.41) is 10.6. The monoisotopic (exact) mass is 753 g/mol. The van der Waals surface area contributed by atoms with Crippen molar-refractivity contribution >= 4 is 0 Å². The van der Waals surface area contributed by atoms with Crippen molar-refractivity contribution in [2.75, 3.05) is 0 Å². The van der Waals surface area contributed by atoms with Crippen LogP contribution in [0.25, 0.3) is 0 Å². The summed E-state index contributed by atoms with van der Waals surface area (Å²) in [6.45, 7) is 6.18. The Morgan fingerprint density at radius 3 is 0.719 bits per heavy atom. The molecule has 0 saturated carbocycles. The molecule has 6 nitrogen and oxygen atoms in total. The lowest BCUT2D eigenvalue weighted by molar-refractivity contribution is 0.293. The highest BCUT2D eigenvalue weighted by atomic mass is 16.5. The molecule has 6 heteroatoms. The second kappa shape index (κ2) is 21.2. The minimum absolute atomic E-state index is 0.432. The van der Waals surface area contributed by atoms with Crippen LogP contribution >= 0.6 is 0 Å². The van der Waals surface area contributed by atoms with Crippen LogP contribution in [0.15, 0.2) is 182 Å². The number of hydrogen-bond donors (Lipinski definition) is 3. The SMILES string of the molecule is c1ccc(CNCc2ccc(OCc3cc(COc4ccc(CNCc5ccccc5)cc4)cc(COc4ccc(CNCc5ccccc5)cc4)c3)cc2)cc1. The maximum atomic E-state index is 6.29. The van der Waals surface area contributed by atoms with Gasteiger partial charge in [0.1, 0.15) is 37.1 Å². The van der Waals surface area contributed by atoms with Crippen molar-refractivity contribution in [3.63, 3.8) is 0 Å². The number of hydrogen-bond acceptors (Lipinski definition) is 6. The van der Waals surface area contributed by atoms with E-state index in [0.717, 1.165) is 73.2 Å². The van der Waals surface area contributed by atoms with Gasteiger partial charge in [-0.15, -0.1) is 0 Å². The van der Waals surface area contributed by atoms with Gasteiger partial charge in [-0.3, -0.25) is 0 Å². The van der Waals surface area contributed by atoms with E-state index in [1.54, 1.807) is 0 Å². The molecule has 0 atom stereocenters. The van der Waals surface area contributed by atoms with Gasteiger partial charge in [0, 0.05) is 39.3 Å². The fourth-order valence-corrected chi connectivity index (χ4v) is 6.54. The van der Waals surface area contributed by atoms with Gasteiger partial charge in [-0.2, -0.15) is 0 Å². The minimum atomic E-state index is 0.432. The first-order valence-electron chi connectivity index (χ1n) is 19.7. The van der Waals surface area contributed by atoms with E-state index in [9.17, 15) is 0 Å². The van der Waals surface area contributed by atoms with E-state index in [1.165, 1.54) is 33.4 Å². The molecular formula is C51H51N3O3. The van der Waals surface area contributed by atoms with Gasteiger partial charge in [-0.05, 0) is 105 Å². The molecule has 0 aromatic heterocycles. The molecule has 288 valence electrons. The fourth-order valence-electron chi connectivity index (χ4n) is 6.54. The Morgan fingerprint density at radius 1 is 0.246 bits per heavy atom. The van der Waals surface area contributed by atoms with Crippen molar-refractivity contribution in [2.45, 2.75) is 59.1 Å². The molecule has 7 aromatic rings. The highest BCUT2D eigenvalue weighted by Crippen LogP contribution is 2.21. The maximum absolute atomic E-state index is 6.29. The van der Waals surface area contributed by atoms with E-state index in [1.807, 2.05) is 54.6 Å². The summed E-state index contributed by atoms with van der Waals surface area (Å²) < 4.78 is 18.9. The zero-order chi connectivity index (χ0) is 38.7. The average molecular weight is 754 g/mol. The Bertz CT molecular complexity index is 1930. The van der Waals surface area contributed by atoms with Crippen LogP contribution in [0.5, 0.6) is 17.2 Å². The van der Waals surface area contributed by atoms with Crippen LogP contribution in [-0.4, -0.2) is 0 Å². The summed E-state index contributed by atoms with van der Waals surface area (Å²) in [6, 6.07) is 62.8. The predicted octanol–water partition coefficient (Wildman–Crippen LogP) is 10.3. The van der Waals surface area contributed by atoms with Crippen molar-refractivity contribution in [3.8, 4) is 17.2 Å². The number of nitrogens with one attached hydrogen (secondary N) is 3. The normalized spacial score (nSPS) is 10.9. The summed E-state index contributed by atoms with van der Waals surface area (Å²) in [7, 11) is 0. The molecule has 0 unspecified atom stereocenters. The molecule has 3 N–H and O–H groups in total. The largest absolute Gasteiger partial charge is 0.489 e. The zero-order valence-corrected chi connectivity index (χ0v) is 32.4. The van der Waals surface area contributed by atoms with Crippen LogP contribution in [0, 0.1) is 0 Å². The molecule has 0 aliphatic rings. The van der Waals surface area contributed by atoms with E-state index in [4.69, 9.17) is 14.2 Å². The molecule has 0 spiro atoms. The van der Waals surface area contributed by atoms with Gasteiger partial charge in [0.05, 0.1) is 0 Å². The molecule has 0 radical (unpaired) electrons. The fraction of sp³-hybridized carbons (Fsp3) is 0.176. The Kier molecular flexibility index (Phi) is 14.5. The van der Waals surface area contributed by atoms with E-state index >= 15 is 0 Å². The minimum Gasteiger partial charge on any atom is -0.489 e. The summed E-state index contributed by atoms with van der Waals surface area (Å²) >= 11 is 0. The smallest absolute Gasteiger partial charge is 0.119 e. The number of ether oxygens (including phenoxy) is 3. The van der Waals surface area contributed by atoms with Crippen LogP contribution in [0.1, 0.15) is 50.1 Å². The first-order chi connectivity index (χ1) is 28.2. The predicted molar refractivity (Wildman–Crippen MR) is 230 cm³/mol. The van der Waals surface area contributed by atoms with Gasteiger partial charge < -0.3 is 30.2 Å². The van der Waals surface area contributed by atoms with Gasteiger partial charge in [0.25, 0.3) is 0 Å². The molecule has 7 rings (SSSR count). The summed E-state index contributed by atoms with van der Waals surface area (Å²) in [4.78, 5) is 0. The zero-order valence-electron chi connectivity index (χ0n) is 32.4. The third-order valence-corrected chi connectivity index (χ3v) is 9.60. The topological polar surface area (TPSA) is 63.8 Å². The molecule has 0 fully saturated rings. The van der Waals surface area contributed by atoms with Crippen LogP contribution in [0.3, 0.4) is 0 Å². The van der Waals surface area contributed by atoms with E-state index in [-0.39, 0.29) is 0 Å². The Hall–Kier alpha value is -6.18. The third kappa shape index (κ3) is 13.2. The van der Waals surface area contributed by atoms with Crippen LogP contribution in [0.2, 0.25) is 0 Å². The molecule has 0 aliphatic heterocycles. The van der Waals surface area contributed by atoms with Gasteiger partial charge in [-0.25, -0.2) is 0 Å². The molecule has 0 bridgehead atoms. The number of rotatable bonds is 21. The van der Waals surface area contributed by atoms with Gasteiger partial charge in [-0.1, -0.05) is 127 Å². The highest BCUT2D eigenvalue weighted by molar-refractivity contribution is 5.34. The maximum Gasteiger partial charge on any atom is 0.119 e. The van der Waals surface area contributed by atoms with Crippen LogP contribution in [0.4, 0.5) is 0 Å². The van der Waals surface area contributed by atoms with Crippen LogP contribution in [-0.2, 0) is 59.1 Å². The standard InChI is InChI=1S/C51H51N3O3/c1-4-10-40(11-5-1)31-52-34-43-16-22-49(23-17-43)55-37-46-28-47(38-56-50-24-18-44(19-25-50)35-53-32-41-12-6-2-7-13-41)30-48(29-46)39-57-51-26-20-45(21-27-51)36-54-33-42-14-8-3-9-15-42/h1-30,52-54H,31-39H2. The van der Waals surface area contributed by atoms with Crippen LogP contribution < -0.4 is 30.2 Å². The van der Waals surface area contributed by atoms with Gasteiger partial charge >= 0.3 is 0 Å². The Morgan fingerprint density at radius 2 is 0.474 bits per heavy atom.